The van der Waals surface area contributed by atoms with E-state index in [0.29, 0.717) is 44.8 Å². The van der Waals surface area contributed by atoms with Gasteiger partial charge in [0.25, 0.3) is 5.91 Å². The van der Waals surface area contributed by atoms with Crippen molar-refractivity contribution >= 4 is 23.5 Å². The molecule has 1 aromatic heterocycles. The minimum atomic E-state index is 0.0223. The number of aromatic nitrogens is 2. The van der Waals surface area contributed by atoms with Crippen molar-refractivity contribution < 1.29 is 9.59 Å². The van der Waals surface area contributed by atoms with Gasteiger partial charge in [0, 0.05) is 51.5 Å². The number of rotatable bonds is 7. The zero-order valence-corrected chi connectivity index (χ0v) is 19.4. The number of hydrogen-bond donors (Lipinski definition) is 1. The molecule has 32 heavy (non-hydrogen) atoms. The topological polar surface area (TPSA) is 86.1 Å². The maximum atomic E-state index is 12.7. The van der Waals surface area contributed by atoms with Gasteiger partial charge < -0.3 is 20.0 Å². The van der Waals surface area contributed by atoms with Gasteiger partial charge in [-0.1, -0.05) is 12.1 Å². The number of benzene rings is 1. The first-order valence-electron chi connectivity index (χ1n) is 11.2. The number of nitrogens with one attached hydrogen (secondary N) is 1. The Labute approximate surface area is 189 Å². The maximum Gasteiger partial charge on any atom is 0.253 e. The second-order valence-electron chi connectivity index (χ2n) is 7.68. The van der Waals surface area contributed by atoms with Crippen LogP contribution in [0.4, 0.5) is 5.69 Å². The highest BCUT2D eigenvalue weighted by Crippen LogP contribution is 2.16. The lowest BCUT2D eigenvalue weighted by Gasteiger charge is -2.35. The van der Waals surface area contributed by atoms with Crippen LogP contribution in [0.5, 0.6) is 0 Å². The molecule has 0 bridgehead atoms. The van der Waals surface area contributed by atoms with Crippen LogP contribution in [0.3, 0.4) is 0 Å². The summed E-state index contributed by atoms with van der Waals surface area (Å²) >= 11 is 0. The standard InChI is InChI=1S/C23H33N7O2/c1-5-24-23(29-12-13-30(21(31)17-29)20-15-26-27(4)16-20)25-14-18-8-10-19(11-9-18)22(32)28(6-2)7-3/h8-11,15-16H,5-7,12-14,17H2,1-4H3,(H,24,25). The lowest BCUT2D eigenvalue weighted by Crippen LogP contribution is -2.55. The van der Waals surface area contributed by atoms with Crippen molar-refractivity contribution in [2.45, 2.75) is 27.3 Å². The first kappa shape index (κ1) is 23.3. The zero-order valence-electron chi connectivity index (χ0n) is 19.4. The summed E-state index contributed by atoms with van der Waals surface area (Å²) < 4.78 is 1.70. The summed E-state index contributed by atoms with van der Waals surface area (Å²) in [6, 6.07) is 7.59. The number of carbonyl (C=O) groups excluding carboxylic acids is 2. The van der Waals surface area contributed by atoms with Gasteiger partial charge in [0.1, 0.15) is 6.54 Å². The van der Waals surface area contributed by atoms with Crippen molar-refractivity contribution in [2.75, 3.05) is 44.2 Å². The van der Waals surface area contributed by atoms with E-state index >= 15 is 0 Å². The van der Waals surface area contributed by atoms with Gasteiger partial charge in [0.2, 0.25) is 5.91 Å². The van der Waals surface area contributed by atoms with E-state index in [1.807, 2.05) is 63.2 Å². The lowest BCUT2D eigenvalue weighted by atomic mass is 10.1. The third-order valence-corrected chi connectivity index (χ3v) is 5.52. The van der Waals surface area contributed by atoms with Gasteiger partial charge in [0.05, 0.1) is 18.4 Å². The van der Waals surface area contributed by atoms with E-state index < -0.39 is 0 Å². The Morgan fingerprint density at radius 1 is 1.16 bits per heavy atom. The van der Waals surface area contributed by atoms with Crippen molar-refractivity contribution in [3.8, 4) is 0 Å². The molecule has 0 atom stereocenters. The number of piperazine rings is 1. The number of anilines is 1. The largest absolute Gasteiger partial charge is 0.356 e. The van der Waals surface area contributed by atoms with Gasteiger partial charge in [-0.25, -0.2) is 4.99 Å². The Morgan fingerprint density at radius 2 is 1.88 bits per heavy atom. The summed E-state index contributed by atoms with van der Waals surface area (Å²) in [5, 5.41) is 7.45. The van der Waals surface area contributed by atoms with E-state index in [0.717, 1.165) is 17.2 Å². The summed E-state index contributed by atoms with van der Waals surface area (Å²) in [7, 11) is 1.84. The smallest absolute Gasteiger partial charge is 0.253 e. The highest BCUT2D eigenvalue weighted by Gasteiger charge is 2.27. The van der Waals surface area contributed by atoms with Crippen LogP contribution < -0.4 is 10.2 Å². The average molecular weight is 440 g/mol. The third-order valence-electron chi connectivity index (χ3n) is 5.52. The summed E-state index contributed by atoms with van der Waals surface area (Å²) in [6.45, 7) is 10.1. The zero-order chi connectivity index (χ0) is 23.1. The lowest BCUT2D eigenvalue weighted by molar-refractivity contribution is -0.120. The molecule has 9 heteroatoms. The summed E-state index contributed by atoms with van der Waals surface area (Å²) in [6.07, 6.45) is 3.56. The van der Waals surface area contributed by atoms with Gasteiger partial charge in [-0.3, -0.25) is 14.3 Å². The number of aliphatic imine (C=N–C) groups is 1. The summed E-state index contributed by atoms with van der Waals surface area (Å²) in [4.78, 5) is 35.5. The molecule has 1 saturated heterocycles. The number of hydrogen-bond acceptors (Lipinski definition) is 4. The molecule has 172 valence electrons. The predicted octanol–water partition coefficient (Wildman–Crippen LogP) is 1.72. The minimum Gasteiger partial charge on any atom is -0.356 e. The molecule has 0 radical (unpaired) electrons. The van der Waals surface area contributed by atoms with Crippen molar-refractivity contribution in [1.82, 2.24) is 24.9 Å². The van der Waals surface area contributed by atoms with Gasteiger partial charge in [-0.2, -0.15) is 5.10 Å². The van der Waals surface area contributed by atoms with Crippen LogP contribution >= 0.6 is 0 Å². The van der Waals surface area contributed by atoms with Gasteiger partial charge in [-0.15, -0.1) is 0 Å². The third kappa shape index (κ3) is 5.46. The molecule has 0 saturated carbocycles. The van der Waals surface area contributed by atoms with E-state index in [2.05, 4.69) is 10.4 Å². The number of aryl methyl sites for hydroxylation is 1. The van der Waals surface area contributed by atoms with Crippen LogP contribution in [0.25, 0.3) is 0 Å². The molecule has 1 aromatic carbocycles. The molecular formula is C23H33N7O2. The molecule has 0 spiro atoms. The quantitative estimate of drug-likeness (QED) is 0.524. The molecular weight excluding hydrogens is 406 g/mol. The van der Waals surface area contributed by atoms with Crippen LogP contribution in [0, 0.1) is 0 Å². The molecule has 2 heterocycles. The fraction of sp³-hybridized carbons (Fsp3) is 0.478. The molecule has 1 aliphatic rings. The molecule has 2 amide bonds. The van der Waals surface area contributed by atoms with E-state index in [1.54, 1.807) is 20.7 Å². The fourth-order valence-corrected chi connectivity index (χ4v) is 3.71. The Hall–Kier alpha value is -3.36. The van der Waals surface area contributed by atoms with Crippen LogP contribution in [-0.4, -0.2) is 76.6 Å². The highest BCUT2D eigenvalue weighted by atomic mass is 16.2. The molecule has 1 aliphatic heterocycles. The van der Waals surface area contributed by atoms with E-state index in [-0.39, 0.29) is 18.4 Å². The maximum absolute atomic E-state index is 12.7. The minimum absolute atomic E-state index is 0.0223. The first-order valence-corrected chi connectivity index (χ1v) is 11.2. The first-order chi connectivity index (χ1) is 15.5. The predicted molar refractivity (Wildman–Crippen MR) is 126 cm³/mol. The van der Waals surface area contributed by atoms with Crippen LogP contribution in [0.15, 0.2) is 41.7 Å². The number of carbonyl (C=O) groups is 2. The Bertz CT molecular complexity index is 948. The van der Waals surface area contributed by atoms with Gasteiger partial charge in [0.15, 0.2) is 5.96 Å². The summed E-state index contributed by atoms with van der Waals surface area (Å²) in [5.41, 5.74) is 2.51. The normalized spacial score (nSPS) is 14.6. The highest BCUT2D eigenvalue weighted by molar-refractivity contribution is 5.98. The number of nitrogens with zero attached hydrogens (tertiary/aromatic N) is 6. The molecule has 1 fully saturated rings. The molecule has 0 aliphatic carbocycles. The molecule has 0 unspecified atom stereocenters. The van der Waals surface area contributed by atoms with E-state index in [4.69, 9.17) is 4.99 Å². The molecule has 3 rings (SSSR count). The second kappa shape index (κ2) is 10.8. The average Bonchev–Trinajstić information content (AvgIpc) is 3.23. The number of guanidine groups is 1. The molecule has 9 nitrogen and oxygen atoms in total. The van der Waals surface area contributed by atoms with Crippen LogP contribution in [-0.2, 0) is 18.4 Å². The van der Waals surface area contributed by atoms with Crippen LogP contribution in [0.1, 0.15) is 36.7 Å². The monoisotopic (exact) mass is 439 g/mol. The Balaban J connectivity index is 1.65. The Kier molecular flexibility index (Phi) is 7.86. The van der Waals surface area contributed by atoms with Crippen molar-refractivity contribution in [1.29, 1.82) is 0 Å². The molecule has 1 N–H and O–H groups in total. The van der Waals surface area contributed by atoms with E-state index in [1.165, 1.54) is 0 Å². The number of amides is 2. The van der Waals surface area contributed by atoms with Crippen molar-refractivity contribution in [3.05, 3.63) is 47.8 Å². The Morgan fingerprint density at radius 3 is 2.44 bits per heavy atom. The van der Waals surface area contributed by atoms with Crippen LogP contribution in [0.2, 0.25) is 0 Å². The van der Waals surface area contributed by atoms with E-state index in [9.17, 15) is 9.59 Å². The van der Waals surface area contributed by atoms with Gasteiger partial charge >= 0.3 is 0 Å². The SMILES string of the molecule is CCNC(=NCc1ccc(C(=O)N(CC)CC)cc1)N1CCN(c2cnn(C)c2)C(=O)C1. The molecule has 2 aromatic rings. The second-order valence-corrected chi connectivity index (χ2v) is 7.68. The van der Waals surface area contributed by atoms with Crippen molar-refractivity contribution in [2.24, 2.45) is 12.0 Å². The van der Waals surface area contributed by atoms with Gasteiger partial charge in [-0.05, 0) is 38.5 Å². The fourth-order valence-electron chi connectivity index (χ4n) is 3.71. The van der Waals surface area contributed by atoms with Crippen molar-refractivity contribution in [3.63, 3.8) is 0 Å². The summed E-state index contributed by atoms with van der Waals surface area (Å²) in [5.74, 6) is 0.785.